The van der Waals surface area contributed by atoms with Crippen LogP contribution >= 0.6 is 0 Å². The molecule has 110 valence electrons. The zero-order chi connectivity index (χ0) is 13.8. The van der Waals surface area contributed by atoms with Crippen molar-refractivity contribution < 1.29 is 23.7 Å². The van der Waals surface area contributed by atoms with Gasteiger partial charge in [-0.1, -0.05) is 0 Å². The monoisotopic (exact) mass is 274 g/mol. The summed E-state index contributed by atoms with van der Waals surface area (Å²) >= 11 is 0. The van der Waals surface area contributed by atoms with Gasteiger partial charge < -0.3 is 23.7 Å². The van der Waals surface area contributed by atoms with E-state index in [0.29, 0.717) is 6.61 Å². The zero-order valence-corrected chi connectivity index (χ0v) is 11.7. The molecule has 3 aliphatic heterocycles. The molecule has 3 fully saturated rings. The largest absolute Gasteiger partial charge is 0.348 e. The first-order valence-corrected chi connectivity index (χ1v) is 6.60. The second-order valence-corrected chi connectivity index (χ2v) is 6.13. The predicted octanol–water partition coefficient (Wildman–Crippen LogP) is -0.154. The highest BCUT2D eigenvalue weighted by Crippen LogP contribution is 2.40. The highest BCUT2D eigenvalue weighted by atomic mass is 16.8. The fourth-order valence-corrected chi connectivity index (χ4v) is 2.92. The fourth-order valence-electron chi connectivity index (χ4n) is 2.92. The molecule has 7 heteroatoms. The van der Waals surface area contributed by atoms with Gasteiger partial charge in [-0.05, 0) is 27.7 Å². The highest BCUT2D eigenvalue weighted by Gasteiger charge is 2.57. The molecule has 0 radical (unpaired) electrons. The quantitative estimate of drug-likeness (QED) is 0.535. The van der Waals surface area contributed by atoms with Gasteiger partial charge in [0, 0.05) is 0 Å². The summed E-state index contributed by atoms with van der Waals surface area (Å²) in [5, 5.41) is 0. The van der Waals surface area contributed by atoms with Gasteiger partial charge in [-0.15, -0.1) is 0 Å². The van der Waals surface area contributed by atoms with E-state index < -0.39 is 17.9 Å². The van der Waals surface area contributed by atoms with Crippen molar-refractivity contribution in [1.82, 2.24) is 5.43 Å². The van der Waals surface area contributed by atoms with Gasteiger partial charge in [0.2, 0.25) is 0 Å². The summed E-state index contributed by atoms with van der Waals surface area (Å²) < 4.78 is 28.8. The maximum absolute atomic E-state index is 5.91. The Hall–Kier alpha value is -0.280. The van der Waals surface area contributed by atoms with Gasteiger partial charge in [0.25, 0.3) is 0 Å². The normalized spacial score (nSPS) is 47.5. The lowest BCUT2D eigenvalue weighted by molar-refractivity contribution is -0.223. The van der Waals surface area contributed by atoms with E-state index in [0.717, 1.165) is 0 Å². The van der Waals surface area contributed by atoms with Crippen LogP contribution in [0, 0.1) is 0 Å². The Morgan fingerprint density at radius 1 is 1.00 bits per heavy atom. The minimum atomic E-state index is -0.651. The van der Waals surface area contributed by atoms with E-state index in [1.165, 1.54) is 0 Å². The minimum absolute atomic E-state index is 0.183. The van der Waals surface area contributed by atoms with Gasteiger partial charge in [-0.3, -0.25) is 11.3 Å². The average molecular weight is 274 g/mol. The molecule has 7 nitrogen and oxygen atoms in total. The van der Waals surface area contributed by atoms with E-state index in [4.69, 9.17) is 29.5 Å². The standard InChI is InChI=1S/C12H22N2O5/c1-11(2)15-5-6(17-11)8-7(14-13)9-10(16-8)19-12(3,4)18-9/h6-10,14H,5,13H2,1-4H3. The highest BCUT2D eigenvalue weighted by molar-refractivity contribution is 5.00. The lowest BCUT2D eigenvalue weighted by atomic mass is 10.0. The van der Waals surface area contributed by atoms with Crippen molar-refractivity contribution in [3.63, 3.8) is 0 Å². The van der Waals surface area contributed by atoms with Crippen molar-refractivity contribution >= 4 is 0 Å². The van der Waals surface area contributed by atoms with Gasteiger partial charge in [0.05, 0.1) is 12.6 Å². The molecule has 0 aromatic rings. The Morgan fingerprint density at radius 3 is 2.32 bits per heavy atom. The Balaban J connectivity index is 1.72. The van der Waals surface area contributed by atoms with Crippen molar-refractivity contribution in [2.75, 3.05) is 6.61 Å². The third-order valence-electron chi connectivity index (χ3n) is 3.68. The molecule has 0 saturated carbocycles. The third kappa shape index (κ3) is 2.40. The molecule has 3 heterocycles. The van der Waals surface area contributed by atoms with Crippen LogP contribution in [0.4, 0.5) is 0 Å². The molecule has 5 unspecified atom stereocenters. The summed E-state index contributed by atoms with van der Waals surface area (Å²) in [6.07, 6.45) is -1.10. The summed E-state index contributed by atoms with van der Waals surface area (Å²) in [5.74, 6) is 4.40. The molecule has 0 amide bonds. The predicted molar refractivity (Wildman–Crippen MR) is 64.7 cm³/mol. The number of hydrogen-bond donors (Lipinski definition) is 2. The number of hydrogen-bond acceptors (Lipinski definition) is 7. The van der Waals surface area contributed by atoms with Crippen LogP contribution in [-0.4, -0.2) is 48.8 Å². The third-order valence-corrected chi connectivity index (χ3v) is 3.68. The van der Waals surface area contributed by atoms with Crippen LogP contribution in [0.1, 0.15) is 27.7 Å². The molecular formula is C12H22N2O5. The van der Waals surface area contributed by atoms with E-state index in [-0.39, 0.29) is 24.4 Å². The van der Waals surface area contributed by atoms with Gasteiger partial charge in [0.1, 0.15) is 18.3 Å². The Bertz CT molecular complexity index is 362. The molecule has 0 bridgehead atoms. The van der Waals surface area contributed by atoms with Gasteiger partial charge >= 0.3 is 0 Å². The molecule has 3 aliphatic rings. The second-order valence-electron chi connectivity index (χ2n) is 6.13. The molecule has 0 aromatic carbocycles. The van der Waals surface area contributed by atoms with Crippen molar-refractivity contribution in [3.05, 3.63) is 0 Å². The van der Waals surface area contributed by atoms with Crippen LogP contribution in [0.2, 0.25) is 0 Å². The average Bonchev–Trinajstić information content (AvgIpc) is 2.87. The Kier molecular flexibility index (Phi) is 3.14. The van der Waals surface area contributed by atoms with Crippen molar-refractivity contribution in [1.29, 1.82) is 0 Å². The van der Waals surface area contributed by atoms with E-state index in [1.807, 2.05) is 27.7 Å². The number of ether oxygens (including phenoxy) is 5. The lowest BCUT2D eigenvalue weighted by Crippen LogP contribution is -2.53. The van der Waals surface area contributed by atoms with Crippen molar-refractivity contribution in [3.8, 4) is 0 Å². The Labute approximate surface area is 112 Å². The molecule has 3 saturated heterocycles. The zero-order valence-electron chi connectivity index (χ0n) is 11.7. The first-order valence-electron chi connectivity index (χ1n) is 6.60. The minimum Gasteiger partial charge on any atom is -0.348 e. The number of nitrogens with one attached hydrogen (secondary N) is 1. The number of nitrogens with two attached hydrogens (primary N) is 1. The van der Waals surface area contributed by atoms with E-state index in [2.05, 4.69) is 5.43 Å². The fraction of sp³-hybridized carbons (Fsp3) is 1.00. The van der Waals surface area contributed by atoms with Crippen molar-refractivity contribution in [2.24, 2.45) is 5.84 Å². The van der Waals surface area contributed by atoms with Crippen molar-refractivity contribution in [2.45, 2.75) is 69.9 Å². The maximum atomic E-state index is 5.91. The molecule has 0 aromatic heterocycles. The van der Waals surface area contributed by atoms with E-state index in [9.17, 15) is 0 Å². The first-order chi connectivity index (χ1) is 8.81. The molecular weight excluding hydrogens is 252 g/mol. The van der Waals surface area contributed by atoms with Crippen LogP contribution in [0.5, 0.6) is 0 Å². The number of fused-ring (bicyclic) bond motifs is 1. The van der Waals surface area contributed by atoms with Gasteiger partial charge in [0.15, 0.2) is 17.9 Å². The summed E-state index contributed by atoms with van der Waals surface area (Å²) in [6.45, 7) is 7.94. The van der Waals surface area contributed by atoms with Crippen LogP contribution in [0.3, 0.4) is 0 Å². The maximum Gasteiger partial charge on any atom is 0.189 e. The number of hydrazine groups is 1. The van der Waals surface area contributed by atoms with E-state index in [1.54, 1.807) is 0 Å². The molecule has 0 aliphatic carbocycles. The van der Waals surface area contributed by atoms with Crippen LogP contribution < -0.4 is 11.3 Å². The molecule has 0 spiro atoms. The summed E-state index contributed by atoms with van der Waals surface area (Å²) in [4.78, 5) is 0. The van der Waals surface area contributed by atoms with Gasteiger partial charge in [-0.2, -0.15) is 0 Å². The summed E-state index contributed by atoms with van der Waals surface area (Å²) in [7, 11) is 0. The van der Waals surface area contributed by atoms with Crippen LogP contribution in [0.15, 0.2) is 0 Å². The van der Waals surface area contributed by atoms with Crippen LogP contribution in [-0.2, 0) is 23.7 Å². The number of rotatable bonds is 2. The molecule has 3 rings (SSSR count). The second kappa shape index (κ2) is 4.36. The topological polar surface area (TPSA) is 84.2 Å². The molecule has 19 heavy (non-hydrogen) atoms. The first kappa shape index (κ1) is 13.7. The Morgan fingerprint density at radius 2 is 1.74 bits per heavy atom. The smallest absolute Gasteiger partial charge is 0.189 e. The summed E-state index contributed by atoms with van der Waals surface area (Å²) in [6, 6.07) is -0.186. The van der Waals surface area contributed by atoms with Gasteiger partial charge in [-0.25, -0.2) is 0 Å². The SMILES string of the molecule is CC1(C)OCC(C2OC3OC(C)(C)OC3C2NN)O1. The van der Waals surface area contributed by atoms with Crippen LogP contribution in [0.25, 0.3) is 0 Å². The molecule has 3 N–H and O–H groups in total. The summed E-state index contributed by atoms with van der Waals surface area (Å²) in [5.41, 5.74) is 2.76. The lowest BCUT2D eigenvalue weighted by Gasteiger charge is -2.28. The van der Waals surface area contributed by atoms with E-state index >= 15 is 0 Å². The molecule has 5 atom stereocenters.